The fourth-order valence-corrected chi connectivity index (χ4v) is 3.15. The second-order valence-electron chi connectivity index (χ2n) is 4.31. The van der Waals surface area contributed by atoms with Crippen LogP contribution in [0.2, 0.25) is 0 Å². The van der Waals surface area contributed by atoms with Gasteiger partial charge in [-0.05, 0) is 25.0 Å². The Hall–Kier alpha value is -0.680. The minimum absolute atomic E-state index is 0.177. The zero-order valence-electron chi connectivity index (χ0n) is 10.5. The molecule has 0 spiro atoms. The third-order valence-corrected chi connectivity index (χ3v) is 4.95. The predicted molar refractivity (Wildman–Crippen MR) is 72.4 cm³/mol. The van der Waals surface area contributed by atoms with Gasteiger partial charge in [-0.15, -0.1) is 11.6 Å². The number of hydrogen-bond donors (Lipinski definition) is 0. The Morgan fingerprint density at radius 3 is 2.16 bits per heavy atom. The molecule has 108 valence electrons. The largest absolute Gasteiger partial charge is 0.350 e. The van der Waals surface area contributed by atoms with Crippen LogP contribution in [0.5, 0.6) is 0 Å². The van der Waals surface area contributed by atoms with Crippen LogP contribution in [-0.4, -0.2) is 19.6 Å². The minimum Gasteiger partial charge on any atom is -0.217 e. The number of halogens is 3. The second kappa shape index (κ2) is 7.20. The van der Waals surface area contributed by atoms with E-state index in [0.29, 0.717) is 12.3 Å². The first-order valence-electron chi connectivity index (χ1n) is 6.15. The first kappa shape index (κ1) is 16.4. The van der Waals surface area contributed by atoms with Crippen LogP contribution in [-0.2, 0) is 9.84 Å². The van der Waals surface area contributed by atoms with E-state index in [9.17, 15) is 17.2 Å². The van der Waals surface area contributed by atoms with Crippen molar-refractivity contribution in [1.29, 1.82) is 0 Å². The molecule has 1 aromatic carbocycles. The van der Waals surface area contributed by atoms with Crippen molar-refractivity contribution in [2.75, 3.05) is 5.88 Å². The molecule has 0 atom stereocenters. The molecule has 0 heterocycles. The molecule has 0 bridgehead atoms. The maximum Gasteiger partial charge on any atom is 0.350 e. The van der Waals surface area contributed by atoms with Gasteiger partial charge < -0.3 is 0 Å². The summed E-state index contributed by atoms with van der Waals surface area (Å²) >= 11 is 5.48. The topological polar surface area (TPSA) is 34.1 Å². The van der Waals surface area contributed by atoms with E-state index in [2.05, 4.69) is 0 Å². The van der Waals surface area contributed by atoms with E-state index in [1.54, 1.807) is 6.07 Å². The Morgan fingerprint density at radius 1 is 1.00 bits per heavy atom. The summed E-state index contributed by atoms with van der Waals surface area (Å²) in [6.45, 7) is 0. The van der Waals surface area contributed by atoms with Gasteiger partial charge in [0.1, 0.15) is 0 Å². The summed E-state index contributed by atoms with van der Waals surface area (Å²) in [6, 6.07) is 6.84. The van der Waals surface area contributed by atoms with Gasteiger partial charge in [0.25, 0.3) is 0 Å². The van der Waals surface area contributed by atoms with Crippen LogP contribution in [0.3, 0.4) is 0 Å². The lowest BCUT2D eigenvalue weighted by atomic mass is 10.2. The van der Waals surface area contributed by atoms with E-state index in [0.717, 1.165) is 12.8 Å². The molecular formula is C13H17ClF2O2S. The Labute approximate surface area is 117 Å². The van der Waals surface area contributed by atoms with E-state index < -0.39 is 21.5 Å². The van der Waals surface area contributed by atoms with Crippen molar-refractivity contribution in [2.45, 2.75) is 42.3 Å². The lowest BCUT2D eigenvalue weighted by molar-refractivity contribution is 0.0788. The van der Waals surface area contributed by atoms with Crippen LogP contribution in [0.4, 0.5) is 8.78 Å². The third-order valence-electron chi connectivity index (χ3n) is 2.80. The third kappa shape index (κ3) is 4.42. The van der Waals surface area contributed by atoms with Gasteiger partial charge in [0, 0.05) is 12.3 Å². The Balaban J connectivity index is 2.66. The van der Waals surface area contributed by atoms with Crippen molar-refractivity contribution in [1.82, 2.24) is 0 Å². The maximum absolute atomic E-state index is 13.8. The van der Waals surface area contributed by atoms with Gasteiger partial charge in [0.2, 0.25) is 9.84 Å². The Morgan fingerprint density at radius 2 is 1.58 bits per heavy atom. The van der Waals surface area contributed by atoms with E-state index in [4.69, 9.17) is 11.6 Å². The first-order valence-corrected chi connectivity index (χ1v) is 8.17. The summed E-state index contributed by atoms with van der Waals surface area (Å²) in [5.41, 5.74) is 0. The predicted octanol–water partition coefficient (Wildman–Crippen LogP) is 4.24. The summed E-state index contributed by atoms with van der Waals surface area (Å²) < 4.78 is 51.2. The molecule has 2 nitrogen and oxygen atoms in total. The summed E-state index contributed by atoms with van der Waals surface area (Å²) in [4.78, 5) is -0.333. The summed E-state index contributed by atoms with van der Waals surface area (Å²) in [7, 11) is -4.59. The van der Waals surface area contributed by atoms with Crippen LogP contribution in [0.15, 0.2) is 35.2 Å². The van der Waals surface area contributed by atoms with Gasteiger partial charge in [-0.2, -0.15) is 8.78 Å². The van der Waals surface area contributed by atoms with E-state index in [1.807, 2.05) is 0 Å². The van der Waals surface area contributed by atoms with Crippen LogP contribution in [0.1, 0.15) is 32.1 Å². The van der Waals surface area contributed by atoms with Gasteiger partial charge in [-0.3, -0.25) is 0 Å². The van der Waals surface area contributed by atoms with Gasteiger partial charge >= 0.3 is 5.25 Å². The molecule has 1 aromatic rings. The molecule has 6 heteroatoms. The highest BCUT2D eigenvalue weighted by Gasteiger charge is 2.44. The molecule has 19 heavy (non-hydrogen) atoms. The van der Waals surface area contributed by atoms with Crippen molar-refractivity contribution in [3.63, 3.8) is 0 Å². The fraction of sp³-hybridized carbons (Fsp3) is 0.538. The molecule has 0 N–H and O–H groups in total. The van der Waals surface area contributed by atoms with Crippen LogP contribution < -0.4 is 0 Å². The second-order valence-corrected chi connectivity index (χ2v) is 6.76. The fourth-order valence-electron chi connectivity index (χ4n) is 1.69. The lowest BCUT2D eigenvalue weighted by Crippen LogP contribution is -2.28. The molecule has 0 saturated heterocycles. The first-order chi connectivity index (χ1) is 8.92. The quantitative estimate of drug-likeness (QED) is 0.531. The van der Waals surface area contributed by atoms with Crippen molar-refractivity contribution in [3.05, 3.63) is 30.3 Å². The average molecular weight is 311 g/mol. The van der Waals surface area contributed by atoms with E-state index in [1.165, 1.54) is 24.3 Å². The monoisotopic (exact) mass is 310 g/mol. The van der Waals surface area contributed by atoms with Crippen LogP contribution >= 0.6 is 11.6 Å². The highest BCUT2D eigenvalue weighted by molar-refractivity contribution is 7.92. The van der Waals surface area contributed by atoms with Crippen molar-refractivity contribution < 1.29 is 17.2 Å². The number of hydrogen-bond acceptors (Lipinski definition) is 2. The Kier molecular flexibility index (Phi) is 6.20. The van der Waals surface area contributed by atoms with E-state index >= 15 is 0 Å². The standard InChI is InChI=1S/C13H17ClF2O2S/c14-11-7-2-1-6-10-13(15,16)19(17,18)12-8-4-3-5-9-12/h3-5,8-9H,1-2,6-7,10-11H2. The molecule has 0 fully saturated rings. The van der Waals surface area contributed by atoms with Crippen LogP contribution in [0.25, 0.3) is 0 Å². The maximum atomic E-state index is 13.8. The molecule has 0 amide bonds. The molecule has 0 aliphatic heterocycles. The molecule has 0 aliphatic carbocycles. The van der Waals surface area contributed by atoms with Crippen molar-refractivity contribution in [2.24, 2.45) is 0 Å². The number of sulfone groups is 1. The number of alkyl halides is 3. The summed E-state index contributed by atoms with van der Waals surface area (Å²) in [5.74, 6) is 0.499. The molecule has 0 unspecified atom stereocenters. The van der Waals surface area contributed by atoms with Gasteiger partial charge in [-0.1, -0.05) is 31.0 Å². The SMILES string of the molecule is O=S(=O)(c1ccccc1)C(F)(F)CCCCCCCl. The van der Waals surface area contributed by atoms with Gasteiger partial charge in [-0.25, -0.2) is 8.42 Å². The highest BCUT2D eigenvalue weighted by Crippen LogP contribution is 2.33. The van der Waals surface area contributed by atoms with E-state index in [-0.39, 0.29) is 11.3 Å². The van der Waals surface area contributed by atoms with Gasteiger partial charge in [0.05, 0.1) is 4.90 Å². The number of unbranched alkanes of at least 4 members (excludes halogenated alkanes) is 3. The zero-order chi connectivity index (χ0) is 14.4. The smallest absolute Gasteiger partial charge is 0.217 e. The molecule has 0 aliphatic rings. The minimum atomic E-state index is -4.59. The zero-order valence-corrected chi connectivity index (χ0v) is 12.1. The average Bonchev–Trinajstić information content (AvgIpc) is 2.39. The molecule has 0 radical (unpaired) electrons. The Bertz CT molecular complexity index is 475. The number of benzene rings is 1. The van der Waals surface area contributed by atoms with Gasteiger partial charge in [0.15, 0.2) is 0 Å². The molecular weight excluding hydrogens is 294 g/mol. The molecule has 0 aromatic heterocycles. The summed E-state index contributed by atoms with van der Waals surface area (Å²) in [5, 5.41) is -3.71. The number of rotatable bonds is 8. The highest BCUT2D eigenvalue weighted by atomic mass is 35.5. The lowest BCUT2D eigenvalue weighted by Gasteiger charge is -2.16. The molecule has 1 rings (SSSR count). The van der Waals surface area contributed by atoms with Crippen molar-refractivity contribution >= 4 is 21.4 Å². The molecule has 0 saturated carbocycles. The summed E-state index contributed by atoms with van der Waals surface area (Å²) in [6.07, 6.45) is 1.60. The van der Waals surface area contributed by atoms with Crippen LogP contribution in [0, 0.1) is 0 Å². The normalized spacial score (nSPS) is 12.6. The van der Waals surface area contributed by atoms with Crippen molar-refractivity contribution in [3.8, 4) is 0 Å².